The molecule has 0 heterocycles. The Kier molecular flexibility index (Phi) is 6.67. The molecule has 2 aliphatic rings. The van der Waals surface area contributed by atoms with E-state index >= 15 is 0 Å². The lowest BCUT2D eigenvalue weighted by atomic mass is 9.74. The van der Waals surface area contributed by atoms with Gasteiger partial charge in [0, 0.05) is 5.92 Å². The minimum absolute atomic E-state index is 0.0598. The summed E-state index contributed by atoms with van der Waals surface area (Å²) in [6, 6.07) is 15.4. The van der Waals surface area contributed by atoms with E-state index in [0.717, 1.165) is 28.7 Å². The maximum atomic E-state index is 12.9. The Morgan fingerprint density at radius 2 is 1.67 bits per heavy atom. The average molecular weight is 451 g/mol. The van der Waals surface area contributed by atoms with Crippen LogP contribution in [0.3, 0.4) is 0 Å². The number of hydrogen-bond donors (Lipinski definition) is 3. The van der Waals surface area contributed by atoms with Crippen molar-refractivity contribution in [1.29, 1.82) is 0 Å². The van der Waals surface area contributed by atoms with E-state index in [-0.39, 0.29) is 24.9 Å². The number of ether oxygens (including phenoxy) is 1. The third kappa shape index (κ3) is 4.87. The van der Waals surface area contributed by atoms with Gasteiger partial charge in [0.2, 0.25) is 5.91 Å². The molecule has 174 valence electrons. The van der Waals surface area contributed by atoms with Crippen LogP contribution in [0.4, 0.5) is 4.79 Å². The number of hydrogen-bond acceptors (Lipinski definition) is 4. The molecule has 2 aliphatic carbocycles. The van der Waals surface area contributed by atoms with Crippen LogP contribution in [0, 0.1) is 0 Å². The zero-order valence-electron chi connectivity index (χ0n) is 18.8. The van der Waals surface area contributed by atoms with Gasteiger partial charge in [-0.1, -0.05) is 61.9 Å². The van der Waals surface area contributed by atoms with Crippen LogP contribution >= 0.6 is 0 Å². The summed E-state index contributed by atoms with van der Waals surface area (Å²) in [5.41, 5.74) is 3.83. The first kappa shape index (κ1) is 22.8. The number of carbonyl (C=O) groups is 3. The number of rotatable bonds is 9. The highest BCUT2D eigenvalue weighted by atomic mass is 16.5. The molecule has 1 saturated carbocycles. The van der Waals surface area contributed by atoms with Crippen molar-refractivity contribution < 1.29 is 24.2 Å². The van der Waals surface area contributed by atoms with Gasteiger partial charge in [0.15, 0.2) is 0 Å². The molecule has 7 heteroatoms. The van der Waals surface area contributed by atoms with Crippen molar-refractivity contribution in [3.05, 3.63) is 59.7 Å². The van der Waals surface area contributed by atoms with Crippen molar-refractivity contribution in [2.45, 2.75) is 62.9 Å². The van der Waals surface area contributed by atoms with Crippen molar-refractivity contribution in [1.82, 2.24) is 10.6 Å². The molecular formula is C26H30N2O5. The van der Waals surface area contributed by atoms with Crippen LogP contribution in [0.15, 0.2) is 48.5 Å². The maximum Gasteiger partial charge on any atom is 0.407 e. The fourth-order valence-corrected chi connectivity index (χ4v) is 4.93. The summed E-state index contributed by atoms with van der Waals surface area (Å²) in [6.45, 7) is 2.10. The molecule has 4 rings (SSSR count). The summed E-state index contributed by atoms with van der Waals surface area (Å²) < 4.78 is 5.58. The van der Waals surface area contributed by atoms with Gasteiger partial charge in [-0.05, 0) is 47.9 Å². The Labute approximate surface area is 193 Å². The van der Waals surface area contributed by atoms with Gasteiger partial charge in [-0.2, -0.15) is 0 Å². The molecule has 0 saturated heterocycles. The minimum atomic E-state index is -0.938. The SMILES string of the molecule is CCC[C@@H](NC(=O)OCC1c2ccccc2-c2ccccc21)C(=O)NC1(CC(=O)O)CCC1. The van der Waals surface area contributed by atoms with Gasteiger partial charge in [0.25, 0.3) is 0 Å². The van der Waals surface area contributed by atoms with E-state index in [4.69, 9.17) is 4.74 Å². The Bertz CT molecular complexity index is 1000. The second-order valence-electron chi connectivity index (χ2n) is 9.00. The van der Waals surface area contributed by atoms with Crippen molar-refractivity contribution in [3.63, 3.8) is 0 Å². The molecule has 0 spiro atoms. The summed E-state index contributed by atoms with van der Waals surface area (Å²) >= 11 is 0. The zero-order valence-corrected chi connectivity index (χ0v) is 18.8. The molecule has 0 unspecified atom stereocenters. The molecule has 1 atom stereocenters. The smallest absolute Gasteiger partial charge is 0.407 e. The highest BCUT2D eigenvalue weighted by Gasteiger charge is 2.41. The Balaban J connectivity index is 1.39. The number of alkyl carbamates (subject to hydrolysis) is 1. The Morgan fingerprint density at radius 3 is 2.18 bits per heavy atom. The van der Waals surface area contributed by atoms with Crippen LogP contribution in [0.5, 0.6) is 0 Å². The van der Waals surface area contributed by atoms with Crippen LogP contribution < -0.4 is 10.6 Å². The first-order chi connectivity index (χ1) is 15.9. The van der Waals surface area contributed by atoms with Gasteiger partial charge in [0.05, 0.1) is 12.0 Å². The summed E-state index contributed by atoms with van der Waals surface area (Å²) in [5, 5.41) is 14.8. The van der Waals surface area contributed by atoms with Crippen LogP contribution in [0.1, 0.15) is 62.5 Å². The molecule has 0 aliphatic heterocycles. The maximum absolute atomic E-state index is 12.9. The fourth-order valence-electron chi connectivity index (χ4n) is 4.93. The number of carbonyl (C=O) groups excluding carboxylic acids is 2. The van der Waals surface area contributed by atoms with Crippen molar-refractivity contribution in [3.8, 4) is 11.1 Å². The van der Waals surface area contributed by atoms with Gasteiger partial charge in [-0.25, -0.2) is 4.79 Å². The molecule has 7 nitrogen and oxygen atoms in total. The van der Waals surface area contributed by atoms with E-state index in [9.17, 15) is 19.5 Å². The molecular weight excluding hydrogens is 420 g/mol. The number of benzene rings is 2. The van der Waals surface area contributed by atoms with E-state index in [0.29, 0.717) is 25.7 Å². The highest BCUT2D eigenvalue weighted by molar-refractivity contribution is 5.87. The topological polar surface area (TPSA) is 105 Å². The van der Waals surface area contributed by atoms with Gasteiger partial charge >= 0.3 is 12.1 Å². The predicted octanol–water partition coefficient (Wildman–Crippen LogP) is 4.21. The molecule has 1 fully saturated rings. The van der Waals surface area contributed by atoms with Crippen molar-refractivity contribution in [2.75, 3.05) is 6.61 Å². The van der Waals surface area contributed by atoms with Gasteiger partial charge in [0.1, 0.15) is 12.6 Å². The molecule has 2 aromatic carbocycles. The summed E-state index contributed by atoms with van der Waals surface area (Å²) in [5.74, 6) is -1.35. The summed E-state index contributed by atoms with van der Waals surface area (Å²) in [6.07, 6.45) is 2.52. The molecule has 0 radical (unpaired) electrons. The lowest BCUT2D eigenvalue weighted by Gasteiger charge is -2.42. The number of aliphatic carboxylic acids is 1. The number of fused-ring (bicyclic) bond motifs is 3. The van der Waals surface area contributed by atoms with E-state index in [1.807, 2.05) is 31.2 Å². The Morgan fingerprint density at radius 1 is 1.06 bits per heavy atom. The number of amides is 2. The second-order valence-corrected chi connectivity index (χ2v) is 9.00. The predicted molar refractivity (Wildman–Crippen MR) is 124 cm³/mol. The normalized spacial score (nSPS) is 16.6. The minimum Gasteiger partial charge on any atom is -0.481 e. The molecule has 2 amide bonds. The number of carboxylic acid groups (broad SMARTS) is 1. The standard InChI is InChI=1S/C26H30N2O5/c1-2-8-22(24(31)28-26(13-7-14-26)15-23(29)30)27-25(32)33-16-21-19-11-5-3-9-17(19)18-10-4-6-12-20(18)21/h3-6,9-12,21-22H,2,7-8,13-16H2,1H3,(H,27,32)(H,28,31)(H,29,30)/t22-/m1/s1. The monoisotopic (exact) mass is 450 g/mol. The van der Waals surface area contributed by atoms with Crippen molar-refractivity contribution in [2.24, 2.45) is 0 Å². The van der Waals surface area contributed by atoms with Crippen molar-refractivity contribution >= 4 is 18.0 Å². The third-order valence-corrected chi connectivity index (χ3v) is 6.72. The lowest BCUT2D eigenvalue weighted by Crippen LogP contribution is -2.59. The Hall–Kier alpha value is -3.35. The van der Waals surface area contributed by atoms with E-state index in [1.165, 1.54) is 0 Å². The van der Waals surface area contributed by atoms with Gasteiger partial charge in [-0.3, -0.25) is 9.59 Å². The molecule has 0 aromatic heterocycles. The molecule has 3 N–H and O–H groups in total. The van der Waals surface area contributed by atoms with Crippen LogP contribution in [-0.2, 0) is 14.3 Å². The van der Waals surface area contributed by atoms with E-state index in [2.05, 4.69) is 34.9 Å². The van der Waals surface area contributed by atoms with E-state index < -0.39 is 23.6 Å². The summed E-state index contributed by atoms with van der Waals surface area (Å²) in [7, 11) is 0. The second kappa shape index (κ2) is 9.65. The van der Waals surface area contributed by atoms with Crippen LogP contribution in [0.2, 0.25) is 0 Å². The van der Waals surface area contributed by atoms with Gasteiger partial charge in [-0.15, -0.1) is 0 Å². The molecule has 2 aromatic rings. The molecule has 33 heavy (non-hydrogen) atoms. The molecule has 0 bridgehead atoms. The van der Waals surface area contributed by atoms with E-state index in [1.54, 1.807) is 0 Å². The first-order valence-electron chi connectivity index (χ1n) is 11.6. The average Bonchev–Trinajstić information content (AvgIpc) is 3.09. The third-order valence-electron chi connectivity index (χ3n) is 6.72. The first-order valence-corrected chi connectivity index (χ1v) is 11.6. The number of carboxylic acids is 1. The van der Waals surface area contributed by atoms with Crippen LogP contribution in [0.25, 0.3) is 11.1 Å². The van der Waals surface area contributed by atoms with Crippen LogP contribution in [-0.4, -0.2) is 41.3 Å². The van der Waals surface area contributed by atoms with Gasteiger partial charge < -0.3 is 20.5 Å². The zero-order chi connectivity index (χ0) is 23.4. The quantitative estimate of drug-likeness (QED) is 0.531. The summed E-state index contributed by atoms with van der Waals surface area (Å²) in [4.78, 5) is 36.7. The lowest BCUT2D eigenvalue weighted by molar-refractivity contribution is -0.140. The highest BCUT2D eigenvalue weighted by Crippen LogP contribution is 2.44. The fraction of sp³-hybridized carbons (Fsp3) is 0.423. The largest absolute Gasteiger partial charge is 0.481 e. The number of nitrogens with one attached hydrogen (secondary N) is 2.